The molecule has 20 heavy (non-hydrogen) atoms. The fourth-order valence-corrected chi connectivity index (χ4v) is 2.22. The number of rotatable bonds is 5. The Hall–Kier alpha value is -1.86. The highest BCUT2D eigenvalue weighted by Gasteiger charge is 2.22. The van der Waals surface area contributed by atoms with Gasteiger partial charge in [-0.05, 0) is 28.1 Å². The summed E-state index contributed by atoms with van der Waals surface area (Å²) in [6.07, 6.45) is -0.0645. The van der Waals surface area contributed by atoms with Gasteiger partial charge in [-0.2, -0.15) is 0 Å². The number of halogens is 1. The Bertz CT molecular complexity index is 651. The van der Waals surface area contributed by atoms with Crippen LogP contribution in [-0.2, 0) is 4.79 Å². The van der Waals surface area contributed by atoms with E-state index < -0.39 is 17.9 Å². The summed E-state index contributed by atoms with van der Waals surface area (Å²) in [4.78, 5) is 22.9. The first-order chi connectivity index (χ1) is 9.52. The van der Waals surface area contributed by atoms with Crippen LogP contribution < -0.4 is 5.32 Å². The number of carboxylic acids is 1. The molecule has 0 aliphatic carbocycles. The van der Waals surface area contributed by atoms with E-state index in [2.05, 4.69) is 21.2 Å². The molecule has 0 unspecified atom stereocenters. The van der Waals surface area contributed by atoms with Gasteiger partial charge in [0.25, 0.3) is 5.91 Å². The number of carbonyl (C=O) groups excluding carboxylic acids is 1. The first kappa shape index (κ1) is 14.5. The standard InChI is InChI=1S/C13H12BrNO5/c14-8-3-1-2-7-6-10(20-11(7)8)12(17)15-9(4-5-16)13(18)19/h1-3,6,9,16H,4-5H2,(H,15,17)(H,18,19)/t9-/m0/s1. The van der Waals surface area contributed by atoms with Crippen molar-refractivity contribution in [1.29, 1.82) is 0 Å². The van der Waals surface area contributed by atoms with E-state index in [4.69, 9.17) is 14.6 Å². The molecule has 0 aliphatic heterocycles. The molecule has 2 rings (SSSR count). The van der Waals surface area contributed by atoms with Crippen molar-refractivity contribution in [2.45, 2.75) is 12.5 Å². The Morgan fingerprint density at radius 1 is 1.40 bits per heavy atom. The topological polar surface area (TPSA) is 99.8 Å². The summed E-state index contributed by atoms with van der Waals surface area (Å²) in [6, 6.07) is 5.74. The van der Waals surface area contributed by atoms with E-state index in [1.54, 1.807) is 18.2 Å². The lowest BCUT2D eigenvalue weighted by Gasteiger charge is -2.11. The SMILES string of the molecule is O=C(N[C@@H](CCO)C(=O)O)c1cc2cccc(Br)c2o1. The zero-order valence-corrected chi connectivity index (χ0v) is 11.9. The van der Waals surface area contributed by atoms with Gasteiger partial charge in [-0.1, -0.05) is 12.1 Å². The van der Waals surface area contributed by atoms with Gasteiger partial charge in [0.15, 0.2) is 5.76 Å². The number of aliphatic carboxylic acids is 1. The zero-order valence-electron chi connectivity index (χ0n) is 10.3. The van der Waals surface area contributed by atoms with Gasteiger partial charge in [0, 0.05) is 18.4 Å². The Balaban J connectivity index is 2.22. The summed E-state index contributed by atoms with van der Waals surface area (Å²) >= 11 is 3.31. The summed E-state index contributed by atoms with van der Waals surface area (Å²) in [6.45, 7) is -0.330. The number of hydrogen-bond donors (Lipinski definition) is 3. The van der Waals surface area contributed by atoms with E-state index in [1.165, 1.54) is 6.07 Å². The van der Waals surface area contributed by atoms with E-state index in [9.17, 15) is 9.59 Å². The number of aliphatic hydroxyl groups is 1. The van der Waals surface area contributed by atoms with Crippen LogP contribution in [0.25, 0.3) is 11.0 Å². The van der Waals surface area contributed by atoms with Gasteiger partial charge in [-0.15, -0.1) is 0 Å². The molecule has 1 amide bonds. The maximum absolute atomic E-state index is 12.0. The minimum atomic E-state index is -1.20. The van der Waals surface area contributed by atoms with E-state index >= 15 is 0 Å². The lowest BCUT2D eigenvalue weighted by Crippen LogP contribution is -2.41. The molecule has 0 aliphatic rings. The molecule has 0 saturated heterocycles. The van der Waals surface area contributed by atoms with Crippen molar-refractivity contribution in [3.05, 3.63) is 34.5 Å². The van der Waals surface area contributed by atoms with E-state index in [0.717, 1.165) is 5.39 Å². The number of benzene rings is 1. The molecule has 1 atom stereocenters. The largest absolute Gasteiger partial charge is 0.480 e. The van der Waals surface area contributed by atoms with Crippen LogP contribution in [0.1, 0.15) is 17.0 Å². The first-order valence-electron chi connectivity index (χ1n) is 5.85. The number of hydrogen-bond acceptors (Lipinski definition) is 4. The van der Waals surface area contributed by atoms with E-state index in [0.29, 0.717) is 10.1 Å². The highest BCUT2D eigenvalue weighted by atomic mass is 79.9. The molecule has 1 aromatic carbocycles. The van der Waals surface area contributed by atoms with Crippen molar-refractivity contribution in [3.8, 4) is 0 Å². The second-order valence-electron chi connectivity index (χ2n) is 4.15. The Kier molecular flexibility index (Phi) is 4.41. The number of amides is 1. The third-order valence-electron chi connectivity index (χ3n) is 2.74. The molecule has 0 fully saturated rings. The summed E-state index contributed by atoms with van der Waals surface area (Å²) in [5.41, 5.74) is 0.520. The first-order valence-corrected chi connectivity index (χ1v) is 6.65. The molecular formula is C13H12BrNO5. The average Bonchev–Trinajstić information content (AvgIpc) is 2.83. The van der Waals surface area contributed by atoms with Crippen LogP contribution in [0.4, 0.5) is 0 Å². The lowest BCUT2D eigenvalue weighted by molar-refractivity contribution is -0.139. The maximum Gasteiger partial charge on any atom is 0.326 e. The number of furan rings is 1. The van der Waals surface area contributed by atoms with Crippen LogP contribution >= 0.6 is 15.9 Å². The van der Waals surface area contributed by atoms with Gasteiger partial charge in [0.1, 0.15) is 11.6 Å². The van der Waals surface area contributed by atoms with Gasteiger partial charge < -0.3 is 19.9 Å². The molecule has 0 bridgehead atoms. The predicted molar refractivity (Wildman–Crippen MR) is 74.5 cm³/mol. The molecule has 0 spiro atoms. The van der Waals surface area contributed by atoms with Gasteiger partial charge in [0.05, 0.1) is 4.47 Å². The van der Waals surface area contributed by atoms with Gasteiger partial charge in [-0.3, -0.25) is 4.79 Å². The number of nitrogens with one attached hydrogen (secondary N) is 1. The Morgan fingerprint density at radius 3 is 2.75 bits per heavy atom. The van der Waals surface area contributed by atoms with Crippen LogP contribution in [0.5, 0.6) is 0 Å². The monoisotopic (exact) mass is 341 g/mol. The quantitative estimate of drug-likeness (QED) is 0.769. The van der Waals surface area contributed by atoms with E-state index in [-0.39, 0.29) is 18.8 Å². The number of aliphatic hydroxyl groups excluding tert-OH is 1. The number of carboxylic acid groups (broad SMARTS) is 1. The summed E-state index contributed by atoms with van der Waals surface area (Å²) in [5, 5.41) is 20.7. The molecule has 6 nitrogen and oxygen atoms in total. The van der Waals surface area contributed by atoms with Crippen LogP contribution in [0.15, 0.2) is 33.2 Å². The third-order valence-corrected chi connectivity index (χ3v) is 3.37. The van der Waals surface area contributed by atoms with Gasteiger partial charge in [-0.25, -0.2) is 4.79 Å². The molecule has 2 aromatic rings. The van der Waals surface area contributed by atoms with Crippen LogP contribution in [0.2, 0.25) is 0 Å². The van der Waals surface area contributed by atoms with Crippen molar-refractivity contribution in [3.63, 3.8) is 0 Å². The maximum atomic E-state index is 12.0. The lowest BCUT2D eigenvalue weighted by atomic mass is 10.2. The minimum absolute atomic E-state index is 0.0242. The summed E-state index contributed by atoms with van der Waals surface area (Å²) < 4.78 is 6.11. The van der Waals surface area contributed by atoms with Crippen LogP contribution in [-0.4, -0.2) is 34.7 Å². The third kappa shape index (κ3) is 3.00. The van der Waals surface area contributed by atoms with Gasteiger partial charge >= 0.3 is 5.97 Å². The van der Waals surface area contributed by atoms with Crippen LogP contribution in [0.3, 0.4) is 0 Å². The van der Waals surface area contributed by atoms with Crippen molar-refractivity contribution < 1.29 is 24.2 Å². The zero-order chi connectivity index (χ0) is 14.7. The number of carbonyl (C=O) groups is 2. The molecule has 0 saturated carbocycles. The fourth-order valence-electron chi connectivity index (χ4n) is 1.76. The highest BCUT2D eigenvalue weighted by Crippen LogP contribution is 2.26. The smallest absolute Gasteiger partial charge is 0.326 e. The number of fused-ring (bicyclic) bond motifs is 1. The summed E-state index contributed by atoms with van der Waals surface area (Å²) in [7, 11) is 0. The second-order valence-corrected chi connectivity index (χ2v) is 5.00. The van der Waals surface area contributed by atoms with Gasteiger partial charge in [0.2, 0.25) is 0 Å². The fraction of sp³-hybridized carbons (Fsp3) is 0.231. The van der Waals surface area contributed by atoms with Crippen molar-refractivity contribution >= 4 is 38.8 Å². The van der Waals surface area contributed by atoms with E-state index in [1.807, 2.05) is 0 Å². The normalized spacial score (nSPS) is 12.3. The Labute approximate surface area is 122 Å². The molecule has 0 radical (unpaired) electrons. The van der Waals surface area contributed by atoms with Crippen LogP contribution in [0, 0.1) is 0 Å². The Morgan fingerprint density at radius 2 is 2.15 bits per heavy atom. The molecular weight excluding hydrogens is 330 g/mol. The summed E-state index contributed by atoms with van der Waals surface area (Å²) in [5.74, 6) is -1.81. The molecule has 7 heteroatoms. The minimum Gasteiger partial charge on any atom is -0.480 e. The molecule has 3 N–H and O–H groups in total. The van der Waals surface area contributed by atoms with Crippen molar-refractivity contribution in [2.24, 2.45) is 0 Å². The second kappa shape index (κ2) is 6.06. The highest BCUT2D eigenvalue weighted by molar-refractivity contribution is 9.10. The van der Waals surface area contributed by atoms with Crippen molar-refractivity contribution in [2.75, 3.05) is 6.61 Å². The number of para-hydroxylation sites is 1. The predicted octanol–water partition coefficient (Wildman–Crippen LogP) is 1.76. The molecule has 1 heterocycles. The molecule has 106 valence electrons. The average molecular weight is 342 g/mol. The van der Waals surface area contributed by atoms with Crippen molar-refractivity contribution in [1.82, 2.24) is 5.32 Å². The molecule has 1 aromatic heterocycles.